The Labute approximate surface area is 109 Å². The van der Waals surface area contributed by atoms with Gasteiger partial charge < -0.3 is 10.2 Å². The predicted molar refractivity (Wildman–Crippen MR) is 70.5 cm³/mol. The number of imide groups is 1. The van der Waals surface area contributed by atoms with Crippen LogP contribution in [0.25, 0.3) is 0 Å². The van der Waals surface area contributed by atoms with Crippen LogP contribution in [0.4, 0.5) is 4.79 Å². The Kier molecular flexibility index (Phi) is 6.72. The Balaban J connectivity index is 2.21. The molecule has 1 saturated heterocycles. The first-order valence-electron chi connectivity index (χ1n) is 7.05. The van der Waals surface area contributed by atoms with Crippen molar-refractivity contribution in [3.8, 4) is 0 Å². The van der Waals surface area contributed by atoms with Crippen LogP contribution in [-0.2, 0) is 4.79 Å². The van der Waals surface area contributed by atoms with Crippen LogP contribution < -0.4 is 15.5 Å². The standard InChI is InChI=1S/C13H25N3O2/c1-3-4-8-14-13(18)15-12(17)10-16-9-6-5-7-11(16)2/h11H,3-10H2,1-2H3,(H2,14,15,17,18)/p+1/t11-/m1/s1. The molecule has 1 rings (SSSR count). The fraction of sp³-hybridized carbons (Fsp3) is 0.846. The number of unbranched alkanes of at least 4 members (excludes halogenated alkanes) is 1. The number of urea groups is 1. The minimum Gasteiger partial charge on any atom is -0.338 e. The van der Waals surface area contributed by atoms with Gasteiger partial charge in [0.15, 0.2) is 6.54 Å². The first kappa shape index (κ1) is 15.0. The van der Waals surface area contributed by atoms with Gasteiger partial charge in [-0.15, -0.1) is 0 Å². The lowest BCUT2D eigenvalue weighted by atomic mass is 10.0. The van der Waals surface area contributed by atoms with Crippen LogP contribution in [0.1, 0.15) is 46.0 Å². The third-order valence-corrected chi connectivity index (χ3v) is 3.54. The number of carbonyl (C=O) groups is 2. The zero-order valence-corrected chi connectivity index (χ0v) is 11.6. The Morgan fingerprint density at radius 3 is 2.78 bits per heavy atom. The molecule has 0 aromatic rings. The second kappa shape index (κ2) is 8.08. The van der Waals surface area contributed by atoms with E-state index in [2.05, 4.69) is 24.5 Å². The number of nitrogens with one attached hydrogen (secondary N) is 3. The molecule has 1 unspecified atom stereocenters. The van der Waals surface area contributed by atoms with Gasteiger partial charge in [0.2, 0.25) is 0 Å². The molecule has 5 heteroatoms. The third kappa shape index (κ3) is 5.49. The molecule has 3 amide bonds. The van der Waals surface area contributed by atoms with Crippen molar-refractivity contribution in [2.24, 2.45) is 0 Å². The minimum atomic E-state index is -0.363. The molecule has 104 valence electrons. The molecule has 0 aliphatic carbocycles. The SMILES string of the molecule is CCCCNC(=O)NC(=O)C[NH+]1CCCC[C@H]1C. The van der Waals surface area contributed by atoms with Gasteiger partial charge in [-0.2, -0.15) is 0 Å². The lowest BCUT2D eigenvalue weighted by molar-refractivity contribution is -0.920. The maximum Gasteiger partial charge on any atom is 0.321 e. The van der Waals surface area contributed by atoms with Crippen molar-refractivity contribution in [2.45, 2.75) is 52.0 Å². The number of rotatable bonds is 5. The second-order valence-electron chi connectivity index (χ2n) is 5.14. The van der Waals surface area contributed by atoms with Crippen LogP contribution in [-0.4, -0.2) is 37.6 Å². The Morgan fingerprint density at radius 1 is 1.33 bits per heavy atom. The monoisotopic (exact) mass is 256 g/mol. The lowest BCUT2D eigenvalue weighted by Gasteiger charge is -2.29. The minimum absolute atomic E-state index is 0.173. The number of likely N-dealkylation sites (tertiary alicyclic amines) is 1. The lowest BCUT2D eigenvalue weighted by Crippen LogP contribution is -3.17. The van der Waals surface area contributed by atoms with E-state index in [0.29, 0.717) is 19.1 Å². The first-order valence-corrected chi connectivity index (χ1v) is 7.05. The molecule has 18 heavy (non-hydrogen) atoms. The summed E-state index contributed by atoms with van der Waals surface area (Å²) in [5.41, 5.74) is 0. The Bertz CT molecular complexity index is 281. The van der Waals surface area contributed by atoms with Crippen molar-refractivity contribution in [1.29, 1.82) is 0 Å². The van der Waals surface area contributed by atoms with Crippen LogP contribution in [0.5, 0.6) is 0 Å². The number of quaternary nitrogens is 1. The molecule has 5 nitrogen and oxygen atoms in total. The number of hydrogen-bond donors (Lipinski definition) is 3. The normalized spacial score (nSPS) is 23.4. The van der Waals surface area contributed by atoms with E-state index in [1.165, 1.54) is 24.2 Å². The molecule has 1 heterocycles. The zero-order valence-electron chi connectivity index (χ0n) is 11.6. The van der Waals surface area contributed by atoms with Crippen molar-refractivity contribution in [3.05, 3.63) is 0 Å². The molecule has 2 atom stereocenters. The van der Waals surface area contributed by atoms with Crippen molar-refractivity contribution >= 4 is 11.9 Å². The summed E-state index contributed by atoms with van der Waals surface area (Å²) < 4.78 is 0. The van der Waals surface area contributed by atoms with Crippen LogP contribution in [0, 0.1) is 0 Å². The van der Waals surface area contributed by atoms with Crippen molar-refractivity contribution in [3.63, 3.8) is 0 Å². The average Bonchev–Trinajstić information content (AvgIpc) is 2.32. The highest BCUT2D eigenvalue weighted by Crippen LogP contribution is 2.01. The van der Waals surface area contributed by atoms with E-state index in [9.17, 15) is 9.59 Å². The summed E-state index contributed by atoms with van der Waals surface area (Å²) in [4.78, 5) is 24.4. The van der Waals surface area contributed by atoms with Crippen molar-refractivity contribution in [1.82, 2.24) is 10.6 Å². The first-order chi connectivity index (χ1) is 8.63. The van der Waals surface area contributed by atoms with Gasteiger partial charge in [0, 0.05) is 6.54 Å². The molecule has 3 N–H and O–H groups in total. The Morgan fingerprint density at radius 2 is 2.11 bits per heavy atom. The summed E-state index contributed by atoms with van der Waals surface area (Å²) in [6, 6.07) is 0.158. The van der Waals surface area contributed by atoms with Gasteiger partial charge >= 0.3 is 6.03 Å². The highest BCUT2D eigenvalue weighted by molar-refractivity contribution is 5.94. The summed E-state index contributed by atoms with van der Waals surface area (Å²) >= 11 is 0. The number of piperidine rings is 1. The molecular weight excluding hydrogens is 230 g/mol. The molecule has 0 spiro atoms. The smallest absolute Gasteiger partial charge is 0.321 e. The number of amides is 3. The van der Waals surface area contributed by atoms with E-state index in [-0.39, 0.29) is 11.9 Å². The molecular formula is C13H26N3O2+. The molecule has 1 fully saturated rings. The highest BCUT2D eigenvalue weighted by Gasteiger charge is 2.24. The molecule has 0 bridgehead atoms. The van der Waals surface area contributed by atoms with E-state index >= 15 is 0 Å². The van der Waals surface area contributed by atoms with E-state index in [1.54, 1.807) is 0 Å². The van der Waals surface area contributed by atoms with Gasteiger partial charge in [0.1, 0.15) is 0 Å². The van der Waals surface area contributed by atoms with E-state index in [4.69, 9.17) is 0 Å². The van der Waals surface area contributed by atoms with Gasteiger partial charge in [-0.3, -0.25) is 10.1 Å². The van der Waals surface area contributed by atoms with Gasteiger partial charge in [-0.05, 0) is 32.6 Å². The molecule has 0 aromatic heterocycles. The number of hydrogen-bond acceptors (Lipinski definition) is 2. The van der Waals surface area contributed by atoms with Gasteiger partial charge in [-0.25, -0.2) is 4.79 Å². The summed E-state index contributed by atoms with van der Waals surface area (Å²) in [6.45, 7) is 6.30. The molecule has 0 saturated carbocycles. The summed E-state index contributed by atoms with van der Waals surface area (Å²) in [5, 5.41) is 5.08. The average molecular weight is 256 g/mol. The van der Waals surface area contributed by atoms with E-state index < -0.39 is 0 Å². The van der Waals surface area contributed by atoms with Gasteiger partial charge in [0.25, 0.3) is 5.91 Å². The topological polar surface area (TPSA) is 62.6 Å². The largest absolute Gasteiger partial charge is 0.338 e. The van der Waals surface area contributed by atoms with Crippen LogP contribution >= 0.6 is 0 Å². The molecule has 1 aliphatic heterocycles. The van der Waals surface area contributed by atoms with Crippen LogP contribution in [0.2, 0.25) is 0 Å². The van der Waals surface area contributed by atoms with Crippen molar-refractivity contribution < 1.29 is 14.5 Å². The van der Waals surface area contributed by atoms with Gasteiger partial charge in [0.05, 0.1) is 12.6 Å². The van der Waals surface area contributed by atoms with E-state index in [1.807, 2.05) is 0 Å². The maximum atomic E-state index is 11.7. The molecule has 1 aliphatic rings. The quantitative estimate of drug-likeness (QED) is 0.610. The summed E-state index contributed by atoms with van der Waals surface area (Å²) in [5.74, 6) is -0.173. The molecule has 0 aromatic carbocycles. The highest BCUT2D eigenvalue weighted by atomic mass is 16.2. The number of carbonyl (C=O) groups excluding carboxylic acids is 2. The Hall–Kier alpha value is -1.10. The summed E-state index contributed by atoms with van der Waals surface area (Å²) in [6.07, 6.45) is 5.57. The van der Waals surface area contributed by atoms with Crippen molar-refractivity contribution in [2.75, 3.05) is 19.6 Å². The maximum absolute atomic E-state index is 11.7. The van der Waals surface area contributed by atoms with E-state index in [0.717, 1.165) is 19.4 Å². The zero-order chi connectivity index (χ0) is 13.4. The van der Waals surface area contributed by atoms with Crippen LogP contribution in [0.3, 0.4) is 0 Å². The van der Waals surface area contributed by atoms with Gasteiger partial charge in [-0.1, -0.05) is 13.3 Å². The molecule has 0 radical (unpaired) electrons. The predicted octanol–water partition coefficient (Wildman–Crippen LogP) is 0.0696. The van der Waals surface area contributed by atoms with Crippen LogP contribution in [0.15, 0.2) is 0 Å². The third-order valence-electron chi connectivity index (χ3n) is 3.54. The second-order valence-corrected chi connectivity index (χ2v) is 5.14. The fourth-order valence-corrected chi connectivity index (χ4v) is 2.32. The fourth-order valence-electron chi connectivity index (χ4n) is 2.32. The summed E-state index contributed by atoms with van der Waals surface area (Å²) in [7, 11) is 0.